The molecule has 0 unspecified atom stereocenters. The van der Waals surface area contributed by atoms with Crippen molar-refractivity contribution >= 4 is 5.65 Å². The van der Waals surface area contributed by atoms with Gasteiger partial charge < -0.3 is 0 Å². The van der Waals surface area contributed by atoms with Crippen LogP contribution in [0, 0.1) is 0 Å². The van der Waals surface area contributed by atoms with E-state index in [4.69, 9.17) is 0 Å². The van der Waals surface area contributed by atoms with Crippen molar-refractivity contribution in [2.24, 2.45) is 0 Å². The zero-order valence-electron chi connectivity index (χ0n) is 13.1. The highest BCUT2D eigenvalue weighted by molar-refractivity contribution is 5.43. The van der Waals surface area contributed by atoms with Crippen LogP contribution in [0.3, 0.4) is 0 Å². The second-order valence-corrected chi connectivity index (χ2v) is 6.97. The van der Waals surface area contributed by atoms with Gasteiger partial charge in [0.05, 0.1) is 5.56 Å². The fraction of sp³-hybridized carbons (Fsp3) is 0.529. The summed E-state index contributed by atoms with van der Waals surface area (Å²) in [4.78, 5) is 19.4. The number of fused-ring (bicyclic) bond motifs is 1. The van der Waals surface area contributed by atoms with Gasteiger partial charge in [0.15, 0.2) is 0 Å². The molecule has 4 heteroatoms. The molecule has 0 aromatic carbocycles. The van der Waals surface area contributed by atoms with E-state index in [1.165, 1.54) is 18.4 Å². The van der Waals surface area contributed by atoms with E-state index in [1.807, 2.05) is 18.3 Å². The molecule has 2 aromatic rings. The summed E-state index contributed by atoms with van der Waals surface area (Å²) >= 11 is 0. The molecule has 4 nitrogen and oxygen atoms in total. The Morgan fingerprint density at radius 1 is 1.24 bits per heavy atom. The highest BCUT2D eigenvalue weighted by atomic mass is 16.1. The first kappa shape index (κ1) is 14.3. The van der Waals surface area contributed by atoms with Crippen LogP contribution >= 0.6 is 0 Å². The first-order valence-corrected chi connectivity index (χ1v) is 7.68. The monoisotopic (exact) mass is 285 g/mol. The van der Waals surface area contributed by atoms with Crippen molar-refractivity contribution in [3.8, 4) is 0 Å². The van der Waals surface area contributed by atoms with E-state index in [9.17, 15) is 4.79 Å². The van der Waals surface area contributed by atoms with Gasteiger partial charge in [0.2, 0.25) is 0 Å². The van der Waals surface area contributed by atoms with Crippen LogP contribution in [0.5, 0.6) is 0 Å². The number of likely N-dealkylation sites (tertiary alicyclic amines) is 1. The molecule has 21 heavy (non-hydrogen) atoms. The molecule has 3 rings (SSSR count). The molecule has 0 spiro atoms. The largest absolute Gasteiger partial charge is 0.299 e. The van der Waals surface area contributed by atoms with E-state index in [1.54, 1.807) is 10.6 Å². The topological polar surface area (TPSA) is 37.6 Å². The van der Waals surface area contributed by atoms with Crippen LogP contribution < -0.4 is 5.56 Å². The molecule has 0 radical (unpaired) electrons. The van der Waals surface area contributed by atoms with Gasteiger partial charge in [-0.15, -0.1) is 0 Å². The lowest BCUT2D eigenvalue weighted by Crippen LogP contribution is -2.27. The zero-order valence-corrected chi connectivity index (χ0v) is 13.1. The number of rotatable bonds is 2. The normalized spacial score (nSPS) is 16.7. The van der Waals surface area contributed by atoms with Gasteiger partial charge in [-0.3, -0.25) is 14.1 Å². The third kappa shape index (κ3) is 2.86. The lowest BCUT2D eigenvalue weighted by Gasteiger charge is -2.19. The lowest BCUT2D eigenvalue weighted by molar-refractivity contribution is 0.329. The number of hydrogen-bond donors (Lipinski definition) is 0. The molecule has 1 aliphatic rings. The van der Waals surface area contributed by atoms with Gasteiger partial charge in [-0.05, 0) is 49.0 Å². The maximum atomic E-state index is 12.6. The minimum absolute atomic E-state index is 0.0624. The van der Waals surface area contributed by atoms with E-state index in [-0.39, 0.29) is 11.0 Å². The molecule has 0 bridgehead atoms. The van der Waals surface area contributed by atoms with E-state index in [0.29, 0.717) is 0 Å². The fourth-order valence-corrected chi connectivity index (χ4v) is 2.87. The lowest BCUT2D eigenvalue weighted by atomic mass is 9.88. The van der Waals surface area contributed by atoms with Crippen molar-refractivity contribution in [3.05, 3.63) is 46.0 Å². The molecule has 3 heterocycles. The molecule has 112 valence electrons. The second-order valence-electron chi connectivity index (χ2n) is 6.97. The molecule has 1 fully saturated rings. The Morgan fingerprint density at radius 2 is 1.95 bits per heavy atom. The zero-order chi connectivity index (χ0) is 15.0. The van der Waals surface area contributed by atoms with Gasteiger partial charge in [0, 0.05) is 18.9 Å². The fourth-order valence-electron chi connectivity index (χ4n) is 2.87. The van der Waals surface area contributed by atoms with Crippen molar-refractivity contribution in [1.29, 1.82) is 0 Å². The molecule has 0 saturated carbocycles. The summed E-state index contributed by atoms with van der Waals surface area (Å²) in [5, 5.41) is 0. The average molecular weight is 285 g/mol. The van der Waals surface area contributed by atoms with Crippen LogP contribution in [0.1, 0.15) is 44.7 Å². The number of pyridine rings is 1. The van der Waals surface area contributed by atoms with Gasteiger partial charge in [-0.2, -0.15) is 0 Å². The molecular formula is C17H23N3O. The van der Waals surface area contributed by atoms with Crippen LogP contribution in [-0.2, 0) is 12.0 Å². The van der Waals surface area contributed by atoms with Gasteiger partial charge in [0.1, 0.15) is 5.65 Å². The Labute approximate surface area is 125 Å². The standard InChI is InChI=1S/C17H23N3O/c1-17(2,3)14-6-9-20-15(10-14)18-11-13(16(20)21)12-19-7-4-5-8-19/h6,9-11H,4-5,7-8,12H2,1-3H3. The minimum Gasteiger partial charge on any atom is -0.299 e. The van der Waals surface area contributed by atoms with Crippen LogP contribution in [0.15, 0.2) is 29.3 Å². The Bertz CT molecular complexity index is 706. The molecule has 1 saturated heterocycles. The predicted molar refractivity (Wildman–Crippen MR) is 84.7 cm³/mol. The van der Waals surface area contributed by atoms with E-state index in [0.717, 1.165) is 30.8 Å². The highest BCUT2D eigenvalue weighted by Crippen LogP contribution is 2.22. The van der Waals surface area contributed by atoms with Crippen LogP contribution in [0.4, 0.5) is 0 Å². The Balaban J connectivity index is 1.99. The van der Waals surface area contributed by atoms with Crippen LogP contribution in [-0.4, -0.2) is 27.4 Å². The number of nitrogens with zero attached hydrogens (tertiary/aromatic N) is 3. The summed E-state index contributed by atoms with van der Waals surface area (Å²) in [5.74, 6) is 0. The van der Waals surface area contributed by atoms with Crippen molar-refractivity contribution in [3.63, 3.8) is 0 Å². The van der Waals surface area contributed by atoms with Crippen LogP contribution in [0.25, 0.3) is 5.65 Å². The molecular weight excluding hydrogens is 262 g/mol. The molecule has 2 aromatic heterocycles. The number of aromatic nitrogens is 2. The summed E-state index contributed by atoms with van der Waals surface area (Å²) in [6.45, 7) is 9.39. The van der Waals surface area contributed by atoms with Crippen LogP contribution in [0.2, 0.25) is 0 Å². The SMILES string of the molecule is CC(C)(C)c1ccn2c(=O)c(CN3CCCC3)cnc2c1. The van der Waals surface area contributed by atoms with Gasteiger partial charge in [0.25, 0.3) is 5.56 Å². The molecule has 0 N–H and O–H groups in total. The number of hydrogen-bond acceptors (Lipinski definition) is 3. The molecule has 0 aliphatic carbocycles. The summed E-state index contributed by atoms with van der Waals surface area (Å²) < 4.78 is 1.67. The summed E-state index contributed by atoms with van der Waals surface area (Å²) in [7, 11) is 0. The van der Waals surface area contributed by atoms with Gasteiger partial charge in [-0.1, -0.05) is 20.8 Å². The summed E-state index contributed by atoms with van der Waals surface area (Å²) in [6.07, 6.45) is 6.08. The van der Waals surface area contributed by atoms with Gasteiger partial charge >= 0.3 is 0 Å². The Kier molecular flexibility index (Phi) is 3.57. The van der Waals surface area contributed by atoms with E-state index < -0.39 is 0 Å². The first-order valence-electron chi connectivity index (χ1n) is 7.68. The third-order valence-corrected chi connectivity index (χ3v) is 4.24. The molecule has 0 atom stereocenters. The molecule has 0 amide bonds. The smallest absolute Gasteiger partial charge is 0.262 e. The summed E-state index contributed by atoms with van der Waals surface area (Å²) in [6, 6.07) is 4.04. The van der Waals surface area contributed by atoms with Crippen molar-refractivity contribution < 1.29 is 0 Å². The Hall–Kier alpha value is -1.68. The quantitative estimate of drug-likeness (QED) is 0.851. The predicted octanol–water partition coefficient (Wildman–Crippen LogP) is 2.59. The van der Waals surface area contributed by atoms with Crippen molar-refractivity contribution in [2.45, 2.75) is 45.6 Å². The van der Waals surface area contributed by atoms with Gasteiger partial charge in [-0.25, -0.2) is 4.98 Å². The van der Waals surface area contributed by atoms with E-state index >= 15 is 0 Å². The maximum Gasteiger partial charge on any atom is 0.262 e. The first-order chi connectivity index (χ1) is 9.95. The van der Waals surface area contributed by atoms with Crippen molar-refractivity contribution in [1.82, 2.24) is 14.3 Å². The summed E-state index contributed by atoms with van der Waals surface area (Å²) in [5.41, 5.74) is 2.85. The van der Waals surface area contributed by atoms with Crippen molar-refractivity contribution in [2.75, 3.05) is 13.1 Å². The maximum absolute atomic E-state index is 12.6. The second kappa shape index (κ2) is 5.26. The average Bonchev–Trinajstić information content (AvgIpc) is 2.93. The van der Waals surface area contributed by atoms with E-state index in [2.05, 4.69) is 30.7 Å². The molecule has 1 aliphatic heterocycles. The Morgan fingerprint density at radius 3 is 2.62 bits per heavy atom. The third-order valence-electron chi connectivity index (χ3n) is 4.24. The highest BCUT2D eigenvalue weighted by Gasteiger charge is 2.17. The minimum atomic E-state index is 0.0624.